The van der Waals surface area contributed by atoms with Gasteiger partial charge in [-0.25, -0.2) is 0 Å². The zero-order valence-corrected chi connectivity index (χ0v) is 19.7. The molecule has 0 aliphatic heterocycles. The minimum absolute atomic E-state index is 0.000766. The third-order valence-corrected chi connectivity index (χ3v) is 5.62. The number of likely N-dealkylation sites (N-methyl/N-ethyl adjacent to an activating group) is 1. The van der Waals surface area contributed by atoms with E-state index in [9.17, 15) is 9.59 Å². The lowest BCUT2D eigenvalue weighted by Gasteiger charge is -2.26. The van der Waals surface area contributed by atoms with Crippen LogP contribution in [0, 0.1) is 0 Å². The second-order valence-corrected chi connectivity index (χ2v) is 8.54. The highest BCUT2D eigenvalue weighted by Gasteiger charge is 2.22. The van der Waals surface area contributed by atoms with Crippen molar-refractivity contribution < 1.29 is 19.1 Å². The molecule has 5 nitrogen and oxygen atoms in total. The number of rotatable bonds is 9. The molecule has 5 heteroatoms. The van der Waals surface area contributed by atoms with Gasteiger partial charge < -0.3 is 9.47 Å². The molecule has 33 heavy (non-hydrogen) atoms. The second-order valence-electron chi connectivity index (χ2n) is 8.54. The molecule has 0 unspecified atom stereocenters. The molecular formula is C28H31NO4. The van der Waals surface area contributed by atoms with E-state index in [-0.39, 0.29) is 24.5 Å². The molecule has 0 saturated heterocycles. The van der Waals surface area contributed by atoms with Crippen molar-refractivity contribution in [2.75, 3.05) is 26.7 Å². The Labute approximate surface area is 196 Å². The van der Waals surface area contributed by atoms with Crippen LogP contribution in [0.3, 0.4) is 0 Å². The number of benzene rings is 3. The third kappa shape index (κ3) is 6.53. The fourth-order valence-corrected chi connectivity index (χ4v) is 3.68. The normalized spacial score (nSPS) is 11.3. The van der Waals surface area contributed by atoms with E-state index in [4.69, 9.17) is 9.47 Å². The van der Waals surface area contributed by atoms with Gasteiger partial charge in [-0.3, -0.25) is 14.5 Å². The van der Waals surface area contributed by atoms with Crippen LogP contribution in [0.5, 0.6) is 5.75 Å². The van der Waals surface area contributed by atoms with Gasteiger partial charge in [-0.15, -0.1) is 0 Å². The van der Waals surface area contributed by atoms with E-state index in [1.165, 1.54) is 11.1 Å². The molecule has 3 aromatic rings. The Morgan fingerprint density at radius 2 is 1.27 bits per heavy atom. The number of ether oxygens (including phenoxy) is 2. The van der Waals surface area contributed by atoms with Gasteiger partial charge in [0.1, 0.15) is 5.75 Å². The lowest BCUT2D eigenvalue weighted by molar-refractivity contribution is -0.145. The van der Waals surface area contributed by atoms with Crippen LogP contribution in [0.15, 0.2) is 78.9 Å². The number of nitrogens with zero attached hydrogens (tertiary/aromatic N) is 1. The lowest BCUT2D eigenvalue weighted by atomic mass is 9.78. The number of carbonyl (C=O) groups is 2. The maximum Gasteiger partial charge on any atom is 0.325 e. The van der Waals surface area contributed by atoms with Crippen LogP contribution in [-0.2, 0) is 19.7 Å². The van der Waals surface area contributed by atoms with Gasteiger partial charge in [0.25, 0.3) is 0 Å². The summed E-state index contributed by atoms with van der Waals surface area (Å²) in [5.74, 6) is -0.326. The Morgan fingerprint density at radius 1 is 0.758 bits per heavy atom. The number of hydrogen-bond acceptors (Lipinski definition) is 5. The smallest absolute Gasteiger partial charge is 0.325 e. The van der Waals surface area contributed by atoms with Crippen LogP contribution in [0.2, 0.25) is 0 Å². The van der Waals surface area contributed by atoms with Crippen molar-refractivity contribution in [3.05, 3.63) is 90.0 Å². The molecule has 0 aliphatic carbocycles. The van der Waals surface area contributed by atoms with E-state index in [0.29, 0.717) is 12.4 Å². The molecule has 0 radical (unpaired) electrons. The van der Waals surface area contributed by atoms with Crippen molar-refractivity contribution in [2.24, 2.45) is 0 Å². The molecule has 0 N–H and O–H groups in total. The van der Waals surface area contributed by atoms with Gasteiger partial charge in [-0.1, -0.05) is 80.6 Å². The maximum absolute atomic E-state index is 12.1. The Kier molecular flexibility index (Phi) is 8.01. The summed E-state index contributed by atoms with van der Waals surface area (Å²) in [6.45, 7) is 6.56. The highest BCUT2D eigenvalue weighted by atomic mass is 16.5. The van der Waals surface area contributed by atoms with Crippen molar-refractivity contribution in [1.29, 1.82) is 0 Å². The summed E-state index contributed by atoms with van der Waals surface area (Å²) in [6.07, 6.45) is 0. The average Bonchev–Trinajstić information content (AvgIpc) is 2.80. The van der Waals surface area contributed by atoms with Gasteiger partial charge in [0, 0.05) is 5.41 Å². The number of esters is 2. The van der Waals surface area contributed by atoms with Gasteiger partial charge in [-0.05, 0) is 48.4 Å². The van der Waals surface area contributed by atoms with Gasteiger partial charge in [-0.2, -0.15) is 0 Å². The standard InChI is InChI=1S/C28H31NO4/c1-5-32-26(30)19-29(4)20-27(31)33-25-17-13-22(14-18-25)21-11-15-24(16-12-21)28(2,3)23-9-7-6-8-10-23/h6-18H,5,19-20H2,1-4H3. The largest absolute Gasteiger partial charge is 0.465 e. The van der Waals surface area contributed by atoms with Crippen molar-refractivity contribution >= 4 is 11.9 Å². The Bertz CT molecular complexity index is 1060. The zero-order valence-electron chi connectivity index (χ0n) is 19.7. The van der Waals surface area contributed by atoms with Crippen molar-refractivity contribution in [2.45, 2.75) is 26.2 Å². The first-order chi connectivity index (χ1) is 15.8. The molecule has 3 rings (SSSR count). The van der Waals surface area contributed by atoms with E-state index >= 15 is 0 Å². The molecule has 0 atom stereocenters. The average molecular weight is 446 g/mol. The number of carbonyl (C=O) groups excluding carboxylic acids is 2. The third-order valence-electron chi connectivity index (χ3n) is 5.62. The molecule has 0 amide bonds. The quantitative estimate of drug-likeness (QED) is 0.340. The van der Waals surface area contributed by atoms with Crippen LogP contribution < -0.4 is 4.74 Å². The molecule has 0 bridgehead atoms. The van der Waals surface area contributed by atoms with E-state index in [1.54, 1.807) is 31.0 Å². The van der Waals surface area contributed by atoms with Gasteiger partial charge >= 0.3 is 11.9 Å². The number of hydrogen-bond donors (Lipinski definition) is 0. The summed E-state index contributed by atoms with van der Waals surface area (Å²) in [7, 11) is 1.67. The molecule has 3 aromatic carbocycles. The highest BCUT2D eigenvalue weighted by Crippen LogP contribution is 2.33. The van der Waals surface area contributed by atoms with Crippen LogP contribution in [0.25, 0.3) is 11.1 Å². The Balaban J connectivity index is 1.61. The minimum atomic E-state index is -0.429. The summed E-state index contributed by atoms with van der Waals surface area (Å²) in [4.78, 5) is 25.2. The fraction of sp³-hybridized carbons (Fsp3) is 0.286. The van der Waals surface area contributed by atoms with E-state index in [0.717, 1.165) is 11.1 Å². The lowest BCUT2D eigenvalue weighted by Crippen LogP contribution is -2.33. The van der Waals surface area contributed by atoms with Crippen molar-refractivity contribution in [1.82, 2.24) is 4.90 Å². The summed E-state index contributed by atoms with van der Waals surface area (Å²) < 4.78 is 10.3. The molecule has 0 spiro atoms. The highest BCUT2D eigenvalue weighted by molar-refractivity contribution is 5.77. The van der Waals surface area contributed by atoms with Gasteiger partial charge in [0.05, 0.1) is 19.7 Å². The summed E-state index contributed by atoms with van der Waals surface area (Å²) in [6, 6.07) is 26.5. The monoisotopic (exact) mass is 445 g/mol. The first-order valence-corrected chi connectivity index (χ1v) is 11.1. The summed E-state index contributed by atoms with van der Waals surface area (Å²) in [5.41, 5.74) is 4.57. The van der Waals surface area contributed by atoms with Crippen molar-refractivity contribution in [3.63, 3.8) is 0 Å². The SMILES string of the molecule is CCOC(=O)CN(C)CC(=O)Oc1ccc(-c2ccc(C(C)(C)c3ccccc3)cc2)cc1. The van der Waals surface area contributed by atoms with Crippen LogP contribution >= 0.6 is 0 Å². The van der Waals surface area contributed by atoms with E-state index < -0.39 is 5.97 Å². The Hall–Kier alpha value is -3.44. The molecule has 0 fully saturated rings. The Morgan fingerprint density at radius 3 is 1.85 bits per heavy atom. The van der Waals surface area contributed by atoms with Gasteiger partial charge in [0.2, 0.25) is 0 Å². The predicted octanol–water partition coefficient (Wildman–Crippen LogP) is 5.08. The molecular weight excluding hydrogens is 414 g/mol. The van der Waals surface area contributed by atoms with E-state index in [1.807, 2.05) is 18.2 Å². The van der Waals surface area contributed by atoms with Crippen LogP contribution in [-0.4, -0.2) is 43.6 Å². The maximum atomic E-state index is 12.1. The minimum Gasteiger partial charge on any atom is -0.465 e. The zero-order chi connectivity index (χ0) is 23.8. The fourth-order valence-electron chi connectivity index (χ4n) is 3.68. The van der Waals surface area contributed by atoms with Crippen LogP contribution in [0.1, 0.15) is 31.9 Å². The van der Waals surface area contributed by atoms with Gasteiger partial charge in [0.15, 0.2) is 0 Å². The first kappa shape index (κ1) is 24.2. The first-order valence-electron chi connectivity index (χ1n) is 11.1. The predicted molar refractivity (Wildman–Crippen MR) is 130 cm³/mol. The van der Waals surface area contributed by atoms with Crippen molar-refractivity contribution in [3.8, 4) is 16.9 Å². The molecule has 172 valence electrons. The van der Waals surface area contributed by atoms with E-state index in [2.05, 4.69) is 62.4 Å². The topological polar surface area (TPSA) is 55.8 Å². The molecule has 0 heterocycles. The second kappa shape index (κ2) is 10.9. The summed E-state index contributed by atoms with van der Waals surface area (Å²) >= 11 is 0. The molecule has 0 saturated carbocycles. The van der Waals surface area contributed by atoms with Crippen LogP contribution in [0.4, 0.5) is 0 Å². The summed E-state index contributed by atoms with van der Waals surface area (Å²) in [5, 5.41) is 0. The molecule has 0 aromatic heterocycles. The molecule has 0 aliphatic rings.